The molecule has 0 bridgehead atoms. The maximum atomic E-state index is 13.3. The van der Waals surface area contributed by atoms with E-state index in [-0.39, 0.29) is 23.4 Å². The summed E-state index contributed by atoms with van der Waals surface area (Å²) < 4.78 is 25.3. The summed E-state index contributed by atoms with van der Waals surface area (Å²) in [6, 6.07) is 9.69. The van der Waals surface area contributed by atoms with Crippen LogP contribution in [0.25, 0.3) is 0 Å². The van der Waals surface area contributed by atoms with Gasteiger partial charge >= 0.3 is 0 Å². The van der Waals surface area contributed by atoms with E-state index in [1.807, 2.05) is 4.90 Å². The van der Waals surface area contributed by atoms with Crippen LogP contribution in [0.1, 0.15) is 29.6 Å². The number of piperidine rings is 1. The number of carbonyl (C=O) groups excluding carboxylic acids is 1. The summed E-state index contributed by atoms with van der Waals surface area (Å²) in [6.45, 7) is 1.71. The lowest BCUT2D eigenvalue weighted by molar-refractivity contribution is -0.0453. The highest BCUT2D eigenvalue weighted by molar-refractivity contribution is 5.94. The summed E-state index contributed by atoms with van der Waals surface area (Å²) in [5.41, 5.74) is 0.212. The number of benzene rings is 1. The smallest absolute Gasteiger partial charge is 0.255 e. The van der Waals surface area contributed by atoms with Crippen LogP contribution in [0.3, 0.4) is 0 Å². The van der Waals surface area contributed by atoms with Gasteiger partial charge in [-0.15, -0.1) is 0 Å². The van der Waals surface area contributed by atoms with Crippen molar-refractivity contribution >= 4 is 5.91 Å². The molecule has 2 atom stereocenters. The van der Waals surface area contributed by atoms with Gasteiger partial charge in [-0.05, 0) is 37.1 Å². The number of hydrogen-bond acceptors (Lipinski definition) is 4. The van der Waals surface area contributed by atoms with Crippen molar-refractivity contribution in [1.82, 2.24) is 9.88 Å². The molecule has 6 heteroatoms. The summed E-state index contributed by atoms with van der Waals surface area (Å²) in [5, 5.41) is 0. The maximum Gasteiger partial charge on any atom is 0.255 e. The Morgan fingerprint density at radius 3 is 3.08 bits per heavy atom. The fourth-order valence-electron chi connectivity index (χ4n) is 3.84. The molecule has 0 saturated carbocycles. The fraction of sp³-hybridized carbons (Fsp3) is 0.400. The van der Waals surface area contributed by atoms with Crippen molar-refractivity contribution in [3.63, 3.8) is 0 Å². The van der Waals surface area contributed by atoms with Gasteiger partial charge in [-0.3, -0.25) is 9.78 Å². The average molecular weight is 356 g/mol. The van der Waals surface area contributed by atoms with Crippen LogP contribution >= 0.6 is 0 Å². The minimum absolute atomic E-state index is 0.0183. The summed E-state index contributed by atoms with van der Waals surface area (Å²) in [7, 11) is 0. The molecule has 0 aliphatic carbocycles. The maximum absolute atomic E-state index is 13.3. The Balaban J connectivity index is 1.42. The highest BCUT2D eigenvalue weighted by Crippen LogP contribution is 2.36. The minimum atomic E-state index is -0.381. The van der Waals surface area contributed by atoms with E-state index in [4.69, 9.17) is 9.47 Å². The first-order chi connectivity index (χ1) is 12.6. The van der Waals surface area contributed by atoms with Gasteiger partial charge in [0.25, 0.3) is 5.91 Å². The van der Waals surface area contributed by atoms with E-state index in [1.165, 1.54) is 12.1 Å². The molecule has 26 heavy (non-hydrogen) atoms. The van der Waals surface area contributed by atoms with Crippen molar-refractivity contribution in [2.75, 3.05) is 19.7 Å². The average Bonchev–Trinajstić information content (AvgIpc) is 3.03. The van der Waals surface area contributed by atoms with Gasteiger partial charge in [-0.25, -0.2) is 4.39 Å². The minimum Gasteiger partial charge on any atom is -0.488 e. The molecule has 1 aromatic heterocycles. The van der Waals surface area contributed by atoms with Crippen LogP contribution < -0.4 is 4.74 Å². The number of pyridine rings is 1. The molecule has 4 rings (SSSR count). The first kappa shape index (κ1) is 17.0. The van der Waals surface area contributed by atoms with E-state index in [2.05, 4.69) is 4.98 Å². The molecule has 1 amide bonds. The zero-order valence-corrected chi connectivity index (χ0v) is 14.4. The summed E-state index contributed by atoms with van der Waals surface area (Å²) in [4.78, 5) is 18.6. The van der Waals surface area contributed by atoms with Crippen LogP contribution in [0.15, 0.2) is 48.8 Å². The van der Waals surface area contributed by atoms with Crippen LogP contribution in [-0.2, 0) is 4.74 Å². The van der Waals surface area contributed by atoms with Crippen molar-refractivity contribution in [3.05, 3.63) is 60.2 Å². The van der Waals surface area contributed by atoms with Crippen molar-refractivity contribution in [3.8, 4) is 5.75 Å². The third kappa shape index (κ3) is 3.55. The summed E-state index contributed by atoms with van der Waals surface area (Å²) in [6.07, 6.45) is 5.59. The van der Waals surface area contributed by atoms with Crippen LogP contribution in [0.4, 0.5) is 4.39 Å². The van der Waals surface area contributed by atoms with Crippen LogP contribution in [0.2, 0.25) is 0 Å². The molecule has 2 fully saturated rings. The molecule has 2 saturated heterocycles. The van der Waals surface area contributed by atoms with E-state index >= 15 is 0 Å². The molecule has 2 aliphatic heterocycles. The first-order valence-corrected chi connectivity index (χ1v) is 8.89. The predicted molar refractivity (Wildman–Crippen MR) is 93.5 cm³/mol. The molecular weight excluding hydrogens is 335 g/mol. The molecule has 1 aromatic carbocycles. The number of nitrogens with zero attached hydrogens (tertiary/aromatic N) is 2. The number of likely N-dealkylation sites (tertiary alicyclic amines) is 1. The monoisotopic (exact) mass is 356 g/mol. The Morgan fingerprint density at radius 2 is 2.27 bits per heavy atom. The highest BCUT2D eigenvalue weighted by Gasteiger charge is 2.45. The zero-order chi connectivity index (χ0) is 18.0. The van der Waals surface area contributed by atoms with E-state index in [1.54, 1.807) is 36.7 Å². The third-order valence-corrected chi connectivity index (χ3v) is 5.01. The Morgan fingerprint density at radius 1 is 1.35 bits per heavy atom. The first-order valence-electron chi connectivity index (χ1n) is 8.89. The number of ether oxygens (including phenoxy) is 2. The van der Waals surface area contributed by atoms with E-state index in [0.717, 1.165) is 12.8 Å². The number of halogens is 1. The van der Waals surface area contributed by atoms with Crippen molar-refractivity contribution in [2.45, 2.75) is 31.0 Å². The largest absolute Gasteiger partial charge is 0.488 e. The van der Waals surface area contributed by atoms with Crippen molar-refractivity contribution < 1.29 is 18.7 Å². The Bertz CT molecular complexity index is 786. The van der Waals surface area contributed by atoms with Crippen LogP contribution in [-0.4, -0.2) is 47.2 Å². The van der Waals surface area contributed by atoms with E-state index < -0.39 is 0 Å². The van der Waals surface area contributed by atoms with Gasteiger partial charge in [0.05, 0.1) is 24.3 Å². The van der Waals surface area contributed by atoms with E-state index in [9.17, 15) is 9.18 Å². The summed E-state index contributed by atoms with van der Waals surface area (Å²) in [5.74, 6) is 0.173. The van der Waals surface area contributed by atoms with Crippen LogP contribution in [0.5, 0.6) is 5.75 Å². The standard InChI is InChI=1S/C20H21FN2O3/c21-16-5-1-6-17(10-16)26-18-11-20(25-13-18)7-3-9-23(14-20)19(24)15-4-2-8-22-12-15/h1-2,4-6,8,10,12,18H,3,7,9,11,13-14H2/t18-,20-/m1/s1. The number of hydrogen-bond donors (Lipinski definition) is 0. The molecule has 0 radical (unpaired) electrons. The molecular formula is C20H21FN2O3. The Kier molecular flexibility index (Phi) is 4.59. The molecule has 136 valence electrons. The lowest BCUT2D eigenvalue weighted by atomic mass is 9.89. The second-order valence-electron chi connectivity index (χ2n) is 6.97. The lowest BCUT2D eigenvalue weighted by Gasteiger charge is -2.39. The molecule has 3 heterocycles. The van der Waals surface area contributed by atoms with Gasteiger partial charge in [0, 0.05) is 31.4 Å². The number of aromatic nitrogens is 1. The fourth-order valence-corrected chi connectivity index (χ4v) is 3.84. The SMILES string of the molecule is O=C(c1cccnc1)N1CCC[C@@]2(C[C@@H](Oc3cccc(F)c3)CO2)C1. The molecule has 2 aliphatic rings. The quantitative estimate of drug-likeness (QED) is 0.848. The normalized spacial score (nSPS) is 25.4. The topological polar surface area (TPSA) is 51.7 Å². The number of rotatable bonds is 3. The van der Waals surface area contributed by atoms with Gasteiger partial charge in [0.1, 0.15) is 17.7 Å². The summed E-state index contributed by atoms with van der Waals surface area (Å²) >= 11 is 0. The molecule has 0 unspecified atom stereocenters. The van der Waals surface area contributed by atoms with Crippen LogP contribution in [0, 0.1) is 5.82 Å². The number of amides is 1. The second kappa shape index (κ2) is 7.03. The zero-order valence-electron chi connectivity index (χ0n) is 14.4. The Labute approximate surface area is 151 Å². The Hall–Kier alpha value is -2.47. The predicted octanol–water partition coefficient (Wildman–Crippen LogP) is 3.06. The molecule has 5 nitrogen and oxygen atoms in total. The van der Waals surface area contributed by atoms with Gasteiger partial charge in [0.15, 0.2) is 0 Å². The third-order valence-electron chi connectivity index (χ3n) is 5.01. The second-order valence-corrected chi connectivity index (χ2v) is 6.97. The van der Waals surface area contributed by atoms with Gasteiger partial charge in [-0.1, -0.05) is 6.07 Å². The van der Waals surface area contributed by atoms with Crippen molar-refractivity contribution in [2.24, 2.45) is 0 Å². The van der Waals surface area contributed by atoms with Gasteiger partial charge < -0.3 is 14.4 Å². The molecule has 2 aromatic rings. The lowest BCUT2D eigenvalue weighted by Crippen LogP contribution is -2.50. The van der Waals surface area contributed by atoms with Crippen molar-refractivity contribution in [1.29, 1.82) is 0 Å². The van der Waals surface area contributed by atoms with Gasteiger partial charge in [-0.2, -0.15) is 0 Å². The molecule has 1 spiro atoms. The molecule has 0 N–H and O–H groups in total. The van der Waals surface area contributed by atoms with Gasteiger partial charge in [0.2, 0.25) is 0 Å². The highest BCUT2D eigenvalue weighted by atomic mass is 19.1. The number of carbonyl (C=O) groups is 1. The van der Waals surface area contributed by atoms with E-state index in [0.29, 0.717) is 37.4 Å².